The van der Waals surface area contributed by atoms with Crippen molar-refractivity contribution in [1.29, 1.82) is 0 Å². The van der Waals surface area contributed by atoms with E-state index in [1.165, 1.54) is 0 Å². The summed E-state index contributed by atoms with van der Waals surface area (Å²) >= 11 is 0. The lowest BCUT2D eigenvalue weighted by atomic mass is 10.3. The zero-order chi connectivity index (χ0) is 12.3. The van der Waals surface area contributed by atoms with E-state index in [0.29, 0.717) is 24.7 Å². The van der Waals surface area contributed by atoms with Crippen LogP contribution in [0, 0.1) is 20.8 Å². The maximum Gasteiger partial charge on any atom is 0.228 e. The van der Waals surface area contributed by atoms with Gasteiger partial charge in [-0.15, -0.1) is 0 Å². The Hall–Kier alpha value is -1.98. The molecule has 0 bridgehead atoms. The molecule has 0 aliphatic rings. The highest BCUT2D eigenvalue weighted by atomic mass is 16.5. The van der Waals surface area contributed by atoms with E-state index < -0.39 is 0 Å². The highest BCUT2D eigenvalue weighted by molar-refractivity contribution is 5.33. The Morgan fingerprint density at radius 2 is 2.00 bits per heavy atom. The van der Waals surface area contributed by atoms with Crippen LogP contribution in [-0.2, 0) is 6.42 Å². The SMILES string of the molecule is Cc1noc(CCNc2cnc(C)c(C)n2)n1. The van der Waals surface area contributed by atoms with Gasteiger partial charge in [-0.05, 0) is 20.8 Å². The molecule has 6 nitrogen and oxygen atoms in total. The van der Waals surface area contributed by atoms with Crippen molar-refractivity contribution in [2.24, 2.45) is 0 Å². The first-order valence-corrected chi connectivity index (χ1v) is 5.48. The normalized spacial score (nSPS) is 10.5. The summed E-state index contributed by atoms with van der Waals surface area (Å²) in [7, 11) is 0. The fraction of sp³-hybridized carbons (Fsp3) is 0.455. The molecular formula is C11H15N5O. The third-order valence-corrected chi connectivity index (χ3v) is 2.41. The average Bonchev–Trinajstić information content (AvgIpc) is 2.70. The van der Waals surface area contributed by atoms with Crippen molar-refractivity contribution in [2.75, 3.05) is 11.9 Å². The van der Waals surface area contributed by atoms with Crippen LogP contribution in [0.2, 0.25) is 0 Å². The molecule has 0 spiro atoms. The standard InChI is InChI=1S/C11H15N5O/c1-7-8(2)14-10(6-13-7)12-5-4-11-15-9(3)16-17-11/h6H,4-5H2,1-3H3,(H,12,14). The second-order valence-corrected chi connectivity index (χ2v) is 3.84. The molecule has 0 aliphatic heterocycles. The van der Waals surface area contributed by atoms with Crippen LogP contribution in [0.25, 0.3) is 0 Å². The van der Waals surface area contributed by atoms with Gasteiger partial charge in [0.2, 0.25) is 5.89 Å². The molecule has 1 N–H and O–H groups in total. The third-order valence-electron chi connectivity index (χ3n) is 2.41. The zero-order valence-electron chi connectivity index (χ0n) is 10.2. The van der Waals surface area contributed by atoms with Crippen LogP contribution in [0.4, 0.5) is 5.82 Å². The second kappa shape index (κ2) is 4.90. The van der Waals surface area contributed by atoms with Crippen LogP contribution >= 0.6 is 0 Å². The number of nitrogens with one attached hydrogen (secondary N) is 1. The highest BCUT2D eigenvalue weighted by Gasteiger charge is 2.03. The Labute approximate surface area is 99.5 Å². The van der Waals surface area contributed by atoms with Crippen LogP contribution in [0.15, 0.2) is 10.7 Å². The summed E-state index contributed by atoms with van der Waals surface area (Å²) in [5.74, 6) is 2.06. The smallest absolute Gasteiger partial charge is 0.228 e. The molecular weight excluding hydrogens is 218 g/mol. The first kappa shape index (κ1) is 11.5. The number of rotatable bonds is 4. The topological polar surface area (TPSA) is 76.7 Å². The summed E-state index contributed by atoms with van der Waals surface area (Å²) in [6, 6.07) is 0. The first-order valence-electron chi connectivity index (χ1n) is 5.48. The number of anilines is 1. The lowest BCUT2D eigenvalue weighted by Crippen LogP contribution is -2.08. The van der Waals surface area contributed by atoms with Gasteiger partial charge in [-0.25, -0.2) is 4.98 Å². The Morgan fingerprint density at radius 1 is 1.18 bits per heavy atom. The Bertz CT molecular complexity index is 508. The van der Waals surface area contributed by atoms with Crippen molar-refractivity contribution < 1.29 is 4.52 Å². The molecule has 0 saturated carbocycles. The van der Waals surface area contributed by atoms with E-state index >= 15 is 0 Å². The van der Waals surface area contributed by atoms with Crippen molar-refractivity contribution >= 4 is 5.82 Å². The van der Waals surface area contributed by atoms with Crippen LogP contribution in [-0.4, -0.2) is 26.7 Å². The fourth-order valence-corrected chi connectivity index (χ4v) is 1.37. The van der Waals surface area contributed by atoms with E-state index in [2.05, 4.69) is 25.4 Å². The zero-order valence-corrected chi connectivity index (χ0v) is 10.2. The van der Waals surface area contributed by atoms with Crippen molar-refractivity contribution in [3.63, 3.8) is 0 Å². The van der Waals surface area contributed by atoms with E-state index in [1.54, 1.807) is 13.1 Å². The van der Waals surface area contributed by atoms with Gasteiger partial charge in [0.15, 0.2) is 5.82 Å². The number of nitrogens with zero attached hydrogens (tertiary/aromatic N) is 4. The highest BCUT2D eigenvalue weighted by Crippen LogP contribution is 2.05. The molecule has 0 saturated heterocycles. The van der Waals surface area contributed by atoms with Crippen molar-refractivity contribution in [2.45, 2.75) is 27.2 Å². The van der Waals surface area contributed by atoms with Crippen LogP contribution in [0.3, 0.4) is 0 Å². The lowest BCUT2D eigenvalue weighted by Gasteiger charge is -2.05. The first-order chi connectivity index (χ1) is 8.15. The van der Waals surface area contributed by atoms with Crippen molar-refractivity contribution in [3.8, 4) is 0 Å². The van der Waals surface area contributed by atoms with Gasteiger partial charge in [-0.2, -0.15) is 4.98 Å². The number of hydrogen-bond donors (Lipinski definition) is 1. The predicted octanol–water partition coefficient (Wildman–Crippen LogP) is 1.44. The predicted molar refractivity (Wildman–Crippen MR) is 62.7 cm³/mol. The van der Waals surface area contributed by atoms with Gasteiger partial charge in [0.25, 0.3) is 0 Å². The van der Waals surface area contributed by atoms with Gasteiger partial charge in [0.05, 0.1) is 17.6 Å². The molecule has 0 fully saturated rings. The maximum atomic E-state index is 5.01. The summed E-state index contributed by atoms with van der Waals surface area (Å²) in [6.45, 7) is 6.37. The molecule has 2 rings (SSSR count). The second-order valence-electron chi connectivity index (χ2n) is 3.84. The Balaban J connectivity index is 1.87. The van der Waals surface area contributed by atoms with Crippen LogP contribution in [0.5, 0.6) is 0 Å². The monoisotopic (exact) mass is 233 g/mol. The molecule has 0 aromatic carbocycles. The number of hydrogen-bond acceptors (Lipinski definition) is 6. The maximum absolute atomic E-state index is 5.01. The summed E-state index contributed by atoms with van der Waals surface area (Å²) < 4.78 is 5.01. The van der Waals surface area contributed by atoms with E-state index in [-0.39, 0.29) is 0 Å². The van der Waals surface area contributed by atoms with E-state index in [4.69, 9.17) is 4.52 Å². The summed E-state index contributed by atoms with van der Waals surface area (Å²) in [5, 5.41) is 6.90. The molecule has 0 atom stereocenters. The molecule has 0 radical (unpaired) electrons. The summed E-state index contributed by atoms with van der Waals surface area (Å²) in [6.07, 6.45) is 2.40. The van der Waals surface area contributed by atoms with Crippen LogP contribution < -0.4 is 5.32 Å². The molecule has 2 aromatic heterocycles. The van der Waals surface area contributed by atoms with E-state index in [1.807, 2.05) is 13.8 Å². The lowest BCUT2D eigenvalue weighted by molar-refractivity contribution is 0.377. The van der Waals surface area contributed by atoms with Gasteiger partial charge in [0, 0.05) is 13.0 Å². The van der Waals surface area contributed by atoms with Gasteiger partial charge in [0.1, 0.15) is 5.82 Å². The average molecular weight is 233 g/mol. The molecule has 0 amide bonds. The fourth-order valence-electron chi connectivity index (χ4n) is 1.37. The van der Waals surface area contributed by atoms with E-state index in [9.17, 15) is 0 Å². The van der Waals surface area contributed by atoms with Gasteiger partial charge in [-0.3, -0.25) is 4.98 Å². The molecule has 0 unspecified atom stereocenters. The van der Waals surface area contributed by atoms with Crippen molar-refractivity contribution in [3.05, 3.63) is 29.3 Å². The molecule has 2 aromatic rings. The summed E-state index contributed by atoms with van der Waals surface area (Å²) in [4.78, 5) is 12.7. The van der Waals surface area contributed by atoms with Gasteiger partial charge < -0.3 is 9.84 Å². The minimum absolute atomic E-state index is 0.631. The molecule has 6 heteroatoms. The quantitative estimate of drug-likeness (QED) is 0.861. The molecule has 2 heterocycles. The minimum atomic E-state index is 0.631. The Morgan fingerprint density at radius 3 is 2.65 bits per heavy atom. The molecule has 0 aliphatic carbocycles. The van der Waals surface area contributed by atoms with Gasteiger partial charge in [-0.1, -0.05) is 5.16 Å². The number of aryl methyl sites for hydroxylation is 3. The van der Waals surface area contributed by atoms with Gasteiger partial charge >= 0.3 is 0 Å². The van der Waals surface area contributed by atoms with Crippen molar-refractivity contribution in [1.82, 2.24) is 20.1 Å². The minimum Gasteiger partial charge on any atom is -0.368 e. The molecule has 17 heavy (non-hydrogen) atoms. The molecule has 90 valence electrons. The number of aromatic nitrogens is 4. The third kappa shape index (κ3) is 2.99. The van der Waals surface area contributed by atoms with Crippen LogP contribution in [0.1, 0.15) is 23.1 Å². The largest absolute Gasteiger partial charge is 0.368 e. The van der Waals surface area contributed by atoms with E-state index in [0.717, 1.165) is 17.2 Å². The Kier molecular flexibility index (Phi) is 3.32. The summed E-state index contributed by atoms with van der Waals surface area (Å²) in [5.41, 5.74) is 1.88.